The van der Waals surface area contributed by atoms with Crippen LogP contribution in [0.15, 0.2) is 36.4 Å². The average molecular weight is 416 g/mol. The predicted octanol–water partition coefficient (Wildman–Crippen LogP) is 2.88. The molecule has 0 radical (unpaired) electrons. The van der Waals surface area contributed by atoms with Crippen LogP contribution in [-0.2, 0) is 19.0 Å². The molecule has 2 fully saturated rings. The summed E-state index contributed by atoms with van der Waals surface area (Å²) < 4.78 is 28.5. The number of phenolic OH excluding ortho intramolecular Hbond substituents is 2. The molecule has 160 valence electrons. The summed E-state index contributed by atoms with van der Waals surface area (Å²) >= 11 is 0. The van der Waals surface area contributed by atoms with Gasteiger partial charge in [-0.05, 0) is 35.4 Å². The number of hydrogen-bond donors (Lipinski definition) is 2. The lowest BCUT2D eigenvalue weighted by molar-refractivity contribution is -0.167. The zero-order valence-electron chi connectivity index (χ0n) is 17.0. The van der Waals surface area contributed by atoms with E-state index in [-0.39, 0.29) is 24.0 Å². The number of carbonyl (C=O) groups is 1. The molecular formula is C22H24O8. The zero-order chi connectivity index (χ0) is 21.5. The number of methoxy groups -OCH3 is 2. The van der Waals surface area contributed by atoms with Gasteiger partial charge in [0.1, 0.15) is 6.10 Å². The van der Waals surface area contributed by atoms with Crippen molar-refractivity contribution in [1.29, 1.82) is 0 Å². The highest BCUT2D eigenvalue weighted by Gasteiger charge is 2.62. The van der Waals surface area contributed by atoms with E-state index >= 15 is 0 Å². The van der Waals surface area contributed by atoms with Gasteiger partial charge in [-0.2, -0.15) is 0 Å². The molecule has 0 aliphatic carbocycles. The fraction of sp³-hybridized carbons (Fsp3) is 0.409. The number of fused-ring (bicyclic) bond motifs is 1. The van der Waals surface area contributed by atoms with Crippen molar-refractivity contribution in [2.24, 2.45) is 5.92 Å². The van der Waals surface area contributed by atoms with Crippen molar-refractivity contribution in [2.75, 3.05) is 27.4 Å². The molecule has 0 amide bonds. The van der Waals surface area contributed by atoms with Gasteiger partial charge in [0.25, 0.3) is 0 Å². The minimum atomic E-state index is -1.04. The Bertz CT molecular complexity index is 958. The van der Waals surface area contributed by atoms with Crippen LogP contribution in [0.25, 0.3) is 0 Å². The van der Waals surface area contributed by atoms with E-state index in [2.05, 4.69) is 0 Å². The fourth-order valence-electron chi connectivity index (χ4n) is 4.40. The van der Waals surface area contributed by atoms with Gasteiger partial charge >= 0.3 is 5.97 Å². The number of phenols is 2. The second kappa shape index (κ2) is 7.70. The first-order valence-corrected chi connectivity index (χ1v) is 9.56. The van der Waals surface area contributed by atoms with Gasteiger partial charge in [-0.1, -0.05) is 12.1 Å². The molecule has 8 nitrogen and oxygen atoms in total. The van der Waals surface area contributed by atoms with E-state index in [1.807, 2.05) is 0 Å². The highest BCUT2D eigenvalue weighted by atomic mass is 16.6. The highest BCUT2D eigenvalue weighted by molar-refractivity contribution is 5.67. The lowest BCUT2D eigenvalue weighted by Crippen LogP contribution is -2.43. The van der Waals surface area contributed by atoms with Crippen LogP contribution in [0.5, 0.6) is 23.0 Å². The molecule has 8 heteroatoms. The Morgan fingerprint density at radius 2 is 1.60 bits per heavy atom. The summed E-state index contributed by atoms with van der Waals surface area (Å²) in [5.41, 5.74) is 0.459. The number of aromatic hydroxyl groups is 2. The monoisotopic (exact) mass is 416 g/mol. The van der Waals surface area contributed by atoms with Gasteiger partial charge < -0.3 is 33.9 Å². The second-order valence-corrected chi connectivity index (χ2v) is 7.46. The van der Waals surface area contributed by atoms with Crippen molar-refractivity contribution in [2.45, 2.75) is 24.7 Å². The molecule has 2 aromatic rings. The van der Waals surface area contributed by atoms with Crippen LogP contribution in [-0.4, -0.2) is 49.2 Å². The first kappa shape index (κ1) is 20.3. The Hall–Kier alpha value is -2.97. The number of esters is 1. The molecule has 2 heterocycles. The third-order valence-corrected chi connectivity index (χ3v) is 5.74. The second-order valence-electron chi connectivity index (χ2n) is 7.46. The number of benzene rings is 2. The molecule has 0 spiro atoms. The summed E-state index contributed by atoms with van der Waals surface area (Å²) in [7, 11) is 2.94. The minimum absolute atomic E-state index is 0.00840. The third kappa shape index (κ3) is 3.22. The number of hydrogen-bond acceptors (Lipinski definition) is 8. The fourth-order valence-corrected chi connectivity index (χ4v) is 4.40. The van der Waals surface area contributed by atoms with E-state index in [9.17, 15) is 15.0 Å². The summed E-state index contributed by atoms with van der Waals surface area (Å²) in [6.07, 6.45) is -1.01. The van der Waals surface area contributed by atoms with Crippen LogP contribution >= 0.6 is 0 Å². The summed E-state index contributed by atoms with van der Waals surface area (Å²) in [5, 5.41) is 19.8. The van der Waals surface area contributed by atoms with E-state index in [0.717, 1.165) is 5.56 Å². The summed E-state index contributed by atoms with van der Waals surface area (Å²) in [5.74, 6) is -0.0402. The molecule has 0 saturated carbocycles. The van der Waals surface area contributed by atoms with Gasteiger partial charge in [-0.3, -0.25) is 4.79 Å². The third-order valence-electron chi connectivity index (χ3n) is 5.74. The Morgan fingerprint density at radius 3 is 2.20 bits per heavy atom. The van der Waals surface area contributed by atoms with E-state index < -0.39 is 23.8 Å². The van der Waals surface area contributed by atoms with Crippen LogP contribution in [0.4, 0.5) is 0 Å². The van der Waals surface area contributed by atoms with E-state index in [1.165, 1.54) is 27.2 Å². The molecule has 2 N–H and O–H groups in total. The van der Waals surface area contributed by atoms with Gasteiger partial charge in [-0.25, -0.2) is 0 Å². The molecule has 0 unspecified atom stereocenters. The van der Waals surface area contributed by atoms with Crippen LogP contribution in [0, 0.1) is 5.92 Å². The number of rotatable bonds is 5. The summed E-state index contributed by atoms with van der Waals surface area (Å²) in [6.45, 7) is 1.80. The van der Waals surface area contributed by atoms with Crippen molar-refractivity contribution < 1.29 is 38.7 Å². The van der Waals surface area contributed by atoms with Gasteiger partial charge in [0.15, 0.2) is 28.6 Å². The summed E-state index contributed by atoms with van der Waals surface area (Å²) in [6, 6.07) is 9.91. The first-order chi connectivity index (χ1) is 14.4. The predicted molar refractivity (Wildman–Crippen MR) is 105 cm³/mol. The van der Waals surface area contributed by atoms with Crippen LogP contribution in [0.3, 0.4) is 0 Å². The minimum Gasteiger partial charge on any atom is -0.504 e. The van der Waals surface area contributed by atoms with E-state index in [4.69, 9.17) is 23.7 Å². The van der Waals surface area contributed by atoms with Crippen LogP contribution < -0.4 is 9.47 Å². The number of carbonyl (C=O) groups excluding carboxylic acids is 1. The van der Waals surface area contributed by atoms with Crippen molar-refractivity contribution >= 4 is 5.97 Å². The Labute approximate surface area is 173 Å². The maximum Gasteiger partial charge on any atom is 0.303 e. The molecule has 2 aromatic carbocycles. The van der Waals surface area contributed by atoms with Gasteiger partial charge in [0, 0.05) is 6.92 Å². The molecule has 2 aliphatic rings. The van der Waals surface area contributed by atoms with Crippen LogP contribution in [0.1, 0.15) is 30.3 Å². The van der Waals surface area contributed by atoms with E-state index in [0.29, 0.717) is 23.7 Å². The largest absolute Gasteiger partial charge is 0.504 e. The lowest BCUT2D eigenvalue weighted by atomic mass is 9.80. The lowest BCUT2D eigenvalue weighted by Gasteiger charge is -2.32. The quantitative estimate of drug-likeness (QED) is 0.717. The van der Waals surface area contributed by atoms with Crippen molar-refractivity contribution in [3.05, 3.63) is 47.5 Å². The number of ether oxygens (including phenoxy) is 5. The van der Waals surface area contributed by atoms with Gasteiger partial charge in [-0.15, -0.1) is 0 Å². The highest BCUT2D eigenvalue weighted by Crippen LogP contribution is 2.56. The maximum atomic E-state index is 12.0. The van der Waals surface area contributed by atoms with Crippen molar-refractivity contribution in [1.82, 2.24) is 0 Å². The molecule has 2 aliphatic heterocycles. The molecule has 0 aromatic heterocycles. The summed E-state index contributed by atoms with van der Waals surface area (Å²) in [4.78, 5) is 12.0. The van der Waals surface area contributed by atoms with Crippen LogP contribution in [0.2, 0.25) is 0 Å². The standard InChI is InChI=1S/C22H24O8/c1-12(23)30-22-11-29-20(13-4-6-16(24)18(8-13)26-2)15(22)10-28-21(22)14-5-7-17(25)19(9-14)27-3/h4-9,15,20-21,24-25H,10-11H2,1-3H3/t15-,20-,21+,22-/m1/s1. The Kier molecular flexibility index (Phi) is 5.21. The zero-order valence-corrected chi connectivity index (χ0v) is 17.0. The molecule has 0 bridgehead atoms. The van der Waals surface area contributed by atoms with Crippen molar-refractivity contribution in [3.8, 4) is 23.0 Å². The maximum absolute atomic E-state index is 12.0. The molecular weight excluding hydrogens is 392 g/mol. The topological polar surface area (TPSA) is 104 Å². The molecule has 4 atom stereocenters. The first-order valence-electron chi connectivity index (χ1n) is 9.56. The SMILES string of the molecule is COc1cc([C@H]2OC[C@@]3(OC(C)=O)[C@@H]2CO[C@H]3c2ccc(O)c(OC)c2)ccc1O. The Balaban J connectivity index is 1.73. The normalized spacial score (nSPS) is 27.5. The smallest absolute Gasteiger partial charge is 0.303 e. The van der Waals surface area contributed by atoms with Gasteiger partial charge in [0.05, 0.1) is 39.5 Å². The molecule has 30 heavy (non-hydrogen) atoms. The van der Waals surface area contributed by atoms with E-state index in [1.54, 1.807) is 30.3 Å². The Morgan fingerprint density at radius 1 is 1.00 bits per heavy atom. The average Bonchev–Trinajstić information content (AvgIpc) is 3.25. The molecule has 4 rings (SSSR count). The van der Waals surface area contributed by atoms with Crippen molar-refractivity contribution in [3.63, 3.8) is 0 Å². The van der Waals surface area contributed by atoms with Gasteiger partial charge in [0.2, 0.25) is 0 Å². The molecule has 2 saturated heterocycles.